The molecule has 3 heterocycles. The number of rotatable bonds is 18. The Hall–Kier alpha value is -1.90. The smallest absolute Gasteiger partial charge is 0.388 e. The van der Waals surface area contributed by atoms with Crippen LogP contribution in [0.25, 0.3) is 0 Å². The van der Waals surface area contributed by atoms with Crippen molar-refractivity contribution in [2.75, 3.05) is 71.8 Å². The second kappa shape index (κ2) is 15.7. The van der Waals surface area contributed by atoms with Crippen molar-refractivity contribution in [3.05, 3.63) is 0 Å². The molecule has 14 nitrogen and oxygen atoms in total. The Morgan fingerprint density at radius 2 is 1.64 bits per heavy atom. The van der Waals surface area contributed by atoms with Crippen LogP contribution in [0.1, 0.15) is 13.3 Å². The van der Waals surface area contributed by atoms with Gasteiger partial charge in [0, 0.05) is 6.42 Å². The van der Waals surface area contributed by atoms with Crippen molar-refractivity contribution in [2.24, 2.45) is 0 Å². The van der Waals surface area contributed by atoms with Crippen LogP contribution in [0, 0.1) is 0 Å². The average molecular weight is 633 g/mol. The van der Waals surface area contributed by atoms with Gasteiger partial charge in [-0.15, -0.1) is 11.8 Å². The number of ether oxygens (including phenoxy) is 6. The number of amides is 3. The summed E-state index contributed by atoms with van der Waals surface area (Å²) in [6.07, 6.45) is -9.96. The minimum Gasteiger partial charge on any atom is -0.388 e. The van der Waals surface area contributed by atoms with Gasteiger partial charge in [-0.05, 0) is 6.92 Å². The number of halogens is 3. The number of Topliss-reactive ketones (excluding diaryl/α,β-unsaturated/α-hetero) is 1. The lowest BCUT2D eigenvalue weighted by atomic mass is 9.88. The minimum atomic E-state index is -5.18. The van der Waals surface area contributed by atoms with Crippen LogP contribution in [0.15, 0.2) is 0 Å². The van der Waals surface area contributed by atoms with Crippen LogP contribution in [-0.4, -0.2) is 152 Å². The molecular formula is C24H35F3N2O12S. The van der Waals surface area contributed by atoms with Crippen molar-refractivity contribution >= 4 is 35.3 Å². The number of carbonyl (C=O) groups is 4. The molecule has 3 saturated heterocycles. The maximum absolute atomic E-state index is 12.5. The van der Waals surface area contributed by atoms with Gasteiger partial charge in [0.1, 0.15) is 29.6 Å². The van der Waals surface area contributed by atoms with E-state index in [-0.39, 0.29) is 95.8 Å². The zero-order valence-corrected chi connectivity index (χ0v) is 23.7. The van der Waals surface area contributed by atoms with Gasteiger partial charge < -0.3 is 44.0 Å². The summed E-state index contributed by atoms with van der Waals surface area (Å²) < 4.78 is 70.0. The van der Waals surface area contributed by atoms with Crippen molar-refractivity contribution in [1.82, 2.24) is 10.2 Å². The molecule has 3 fully saturated rings. The summed E-state index contributed by atoms with van der Waals surface area (Å²) in [5, 5.41) is 21.8. The standard InChI is InChI=1S/C24H35F3N2O12S/c1-14(30)11-42-15-10-16(31)29(20(15)34)2-3-36-4-5-37-6-7-38-8-9-39-12-23-13-40-21(41-23)17(18(32)19(23)33)28-22(35)24(25,26)27/h15,17-19,21,32-33H,2-13H2,1H3,(H,28,35)/t15?,17-,18+,19+,21-,23-/m0/s1. The number of aliphatic hydroxyl groups excluding tert-OH is 2. The summed E-state index contributed by atoms with van der Waals surface area (Å²) in [5.74, 6) is -2.76. The van der Waals surface area contributed by atoms with Gasteiger partial charge in [-0.3, -0.25) is 24.1 Å². The average Bonchev–Trinajstić information content (AvgIpc) is 3.45. The van der Waals surface area contributed by atoms with E-state index in [1.807, 2.05) is 0 Å². The van der Waals surface area contributed by atoms with Crippen molar-refractivity contribution in [3.63, 3.8) is 0 Å². The molecule has 2 bridgehead atoms. The number of alkyl halides is 3. The van der Waals surface area contributed by atoms with E-state index in [2.05, 4.69) is 0 Å². The van der Waals surface area contributed by atoms with Crippen LogP contribution in [-0.2, 0) is 47.6 Å². The Morgan fingerprint density at radius 3 is 2.24 bits per heavy atom. The summed E-state index contributed by atoms with van der Waals surface area (Å²) >= 11 is 1.17. The highest BCUT2D eigenvalue weighted by atomic mass is 32.2. The fourth-order valence-corrected chi connectivity index (χ4v) is 5.33. The number of hydrogen-bond acceptors (Lipinski definition) is 13. The molecule has 42 heavy (non-hydrogen) atoms. The normalized spacial score (nSPS) is 29.4. The Kier molecular flexibility index (Phi) is 12.9. The number of carbonyl (C=O) groups excluding carboxylic acids is 4. The molecule has 18 heteroatoms. The molecule has 6 atom stereocenters. The molecule has 1 unspecified atom stereocenters. The molecule has 0 aromatic rings. The fourth-order valence-electron chi connectivity index (χ4n) is 4.37. The van der Waals surface area contributed by atoms with Crippen molar-refractivity contribution < 1.29 is 71.0 Å². The minimum absolute atomic E-state index is 0.0579. The zero-order chi connectivity index (χ0) is 30.9. The number of aliphatic hydroxyl groups is 2. The third kappa shape index (κ3) is 9.30. The van der Waals surface area contributed by atoms with Crippen molar-refractivity contribution in [1.29, 1.82) is 0 Å². The molecule has 0 spiro atoms. The van der Waals surface area contributed by atoms with Crippen LogP contribution in [0.2, 0.25) is 0 Å². The first-order valence-electron chi connectivity index (χ1n) is 13.1. The predicted molar refractivity (Wildman–Crippen MR) is 135 cm³/mol. The Bertz CT molecular complexity index is 960. The quantitative estimate of drug-likeness (QED) is 0.116. The zero-order valence-electron chi connectivity index (χ0n) is 22.8. The summed E-state index contributed by atoms with van der Waals surface area (Å²) in [6.45, 7) is 2.38. The highest BCUT2D eigenvalue weighted by Crippen LogP contribution is 2.37. The molecule has 3 rings (SSSR count). The second-order valence-electron chi connectivity index (χ2n) is 9.77. The van der Waals surface area contributed by atoms with E-state index >= 15 is 0 Å². The number of nitrogens with zero attached hydrogens (tertiary/aromatic N) is 1. The Labute approximate surface area is 243 Å². The first kappa shape index (κ1) is 34.6. The van der Waals surface area contributed by atoms with E-state index in [0.717, 1.165) is 4.90 Å². The van der Waals surface area contributed by atoms with Gasteiger partial charge in [0.05, 0.1) is 77.0 Å². The maximum atomic E-state index is 12.5. The number of fused-ring (bicyclic) bond motifs is 2. The van der Waals surface area contributed by atoms with Crippen LogP contribution in [0.5, 0.6) is 0 Å². The van der Waals surface area contributed by atoms with Gasteiger partial charge in [0.2, 0.25) is 11.8 Å². The van der Waals surface area contributed by atoms with Crippen LogP contribution in [0.4, 0.5) is 13.2 Å². The Morgan fingerprint density at radius 1 is 1.05 bits per heavy atom. The first-order valence-corrected chi connectivity index (χ1v) is 14.2. The fraction of sp³-hybridized carbons (Fsp3) is 0.833. The van der Waals surface area contributed by atoms with E-state index < -0.39 is 47.5 Å². The lowest BCUT2D eigenvalue weighted by Gasteiger charge is -2.42. The largest absolute Gasteiger partial charge is 0.471 e. The summed E-state index contributed by atoms with van der Waals surface area (Å²) in [5.41, 5.74) is -1.52. The van der Waals surface area contributed by atoms with Gasteiger partial charge in [0.15, 0.2) is 6.29 Å². The molecule has 0 aromatic carbocycles. The SMILES string of the molecule is CC(=O)CSC1CC(=O)N(CCOCCOCCOCCOC[C@@]23CO[C@@H](O2)[C@@H](NC(=O)C(F)(F)F)[C@@H](O)[C@H]3O)C1=O. The third-order valence-electron chi connectivity index (χ3n) is 6.53. The van der Waals surface area contributed by atoms with Gasteiger partial charge in [-0.2, -0.15) is 13.2 Å². The van der Waals surface area contributed by atoms with Crippen LogP contribution >= 0.6 is 11.8 Å². The maximum Gasteiger partial charge on any atom is 0.471 e. The summed E-state index contributed by atoms with van der Waals surface area (Å²) in [4.78, 5) is 47.7. The number of imide groups is 1. The van der Waals surface area contributed by atoms with Crippen molar-refractivity contribution in [2.45, 2.75) is 54.9 Å². The molecule has 240 valence electrons. The van der Waals surface area contributed by atoms with Crippen molar-refractivity contribution in [3.8, 4) is 0 Å². The van der Waals surface area contributed by atoms with Crippen LogP contribution in [0.3, 0.4) is 0 Å². The molecule has 0 radical (unpaired) electrons. The summed E-state index contributed by atoms with van der Waals surface area (Å²) in [6, 6.07) is -1.62. The topological polar surface area (TPSA) is 179 Å². The molecule has 0 saturated carbocycles. The Balaban J connectivity index is 1.19. The van der Waals surface area contributed by atoms with Crippen LogP contribution < -0.4 is 5.32 Å². The summed E-state index contributed by atoms with van der Waals surface area (Å²) in [7, 11) is 0. The molecule has 0 aliphatic carbocycles. The molecule has 3 amide bonds. The van der Waals surface area contributed by atoms with E-state index in [4.69, 9.17) is 28.4 Å². The van der Waals surface area contributed by atoms with Gasteiger partial charge in [-0.25, -0.2) is 0 Å². The molecule has 3 aliphatic heterocycles. The third-order valence-corrected chi connectivity index (χ3v) is 7.88. The molecule has 0 aromatic heterocycles. The monoisotopic (exact) mass is 632 g/mol. The second-order valence-corrected chi connectivity index (χ2v) is 11.0. The van der Waals surface area contributed by atoms with E-state index in [9.17, 15) is 42.6 Å². The molecule has 3 N–H and O–H groups in total. The molecule has 3 aliphatic rings. The van der Waals surface area contributed by atoms with Gasteiger partial charge in [0.25, 0.3) is 0 Å². The number of hydrogen-bond donors (Lipinski definition) is 3. The van der Waals surface area contributed by atoms with E-state index in [1.54, 1.807) is 5.32 Å². The number of nitrogens with one attached hydrogen (secondary N) is 1. The highest BCUT2D eigenvalue weighted by Gasteiger charge is 2.60. The van der Waals surface area contributed by atoms with E-state index in [0.29, 0.717) is 0 Å². The molecular weight excluding hydrogens is 597 g/mol. The lowest BCUT2D eigenvalue weighted by Crippen LogP contribution is -2.67. The van der Waals surface area contributed by atoms with Gasteiger partial charge in [-0.1, -0.05) is 0 Å². The highest BCUT2D eigenvalue weighted by molar-refractivity contribution is 8.01. The van der Waals surface area contributed by atoms with Gasteiger partial charge >= 0.3 is 12.1 Å². The number of thioether (sulfide) groups is 1. The first-order chi connectivity index (χ1) is 19.9. The number of ketones is 1. The predicted octanol–water partition coefficient (Wildman–Crippen LogP) is -1.60. The van der Waals surface area contributed by atoms with E-state index in [1.165, 1.54) is 18.7 Å². The lowest BCUT2D eigenvalue weighted by molar-refractivity contribution is -0.240. The number of likely N-dealkylation sites (tertiary alicyclic amines) is 1.